The van der Waals surface area contributed by atoms with Gasteiger partial charge in [-0.25, -0.2) is 9.97 Å². The molecule has 4 rings (SSSR count). The summed E-state index contributed by atoms with van der Waals surface area (Å²) in [5, 5.41) is 0. The highest BCUT2D eigenvalue weighted by molar-refractivity contribution is 5.74. The second-order valence-electron chi connectivity index (χ2n) is 7.19. The van der Waals surface area contributed by atoms with Gasteiger partial charge in [-0.1, -0.05) is 6.07 Å². The van der Waals surface area contributed by atoms with Crippen molar-refractivity contribution in [2.45, 2.75) is 52.1 Å². The van der Waals surface area contributed by atoms with Crippen LogP contribution in [-0.4, -0.2) is 38.8 Å². The molecule has 0 aromatic carbocycles. The van der Waals surface area contributed by atoms with Crippen molar-refractivity contribution in [3.63, 3.8) is 0 Å². The Hall–Kier alpha value is -2.50. The molecule has 0 radical (unpaired) electrons. The van der Waals surface area contributed by atoms with Gasteiger partial charge >= 0.3 is 0 Å². The van der Waals surface area contributed by atoms with Crippen molar-refractivity contribution >= 4 is 11.7 Å². The van der Waals surface area contributed by atoms with Crippen molar-refractivity contribution in [1.82, 2.24) is 19.9 Å². The third kappa shape index (κ3) is 3.16. The molecule has 6 nitrogen and oxygen atoms in total. The number of carbonyl (C=O) groups excluding carboxylic acids is 1. The molecule has 2 aromatic rings. The number of amides is 1. The molecular formula is C20H25N5O. The highest BCUT2D eigenvalue weighted by atomic mass is 16.2. The topological polar surface area (TPSA) is 62.2 Å². The lowest BCUT2D eigenvalue weighted by Crippen LogP contribution is -2.33. The van der Waals surface area contributed by atoms with E-state index in [1.165, 1.54) is 5.56 Å². The van der Waals surface area contributed by atoms with Crippen LogP contribution in [0.4, 0.5) is 5.82 Å². The minimum atomic E-state index is 0.00938. The molecule has 0 bridgehead atoms. The monoisotopic (exact) mass is 351 g/mol. The van der Waals surface area contributed by atoms with E-state index in [4.69, 9.17) is 9.97 Å². The first-order valence-corrected chi connectivity index (χ1v) is 9.43. The molecule has 0 spiro atoms. The number of anilines is 1. The van der Waals surface area contributed by atoms with E-state index < -0.39 is 0 Å². The lowest BCUT2D eigenvalue weighted by atomic mass is 10.0. The molecule has 0 aliphatic carbocycles. The van der Waals surface area contributed by atoms with Crippen molar-refractivity contribution in [2.24, 2.45) is 0 Å². The van der Waals surface area contributed by atoms with E-state index >= 15 is 0 Å². The van der Waals surface area contributed by atoms with Crippen LogP contribution in [0.15, 0.2) is 24.4 Å². The number of pyridine rings is 1. The maximum Gasteiger partial charge on any atom is 0.220 e. The first-order chi connectivity index (χ1) is 12.6. The summed E-state index contributed by atoms with van der Waals surface area (Å²) in [6.07, 6.45) is 5.91. The van der Waals surface area contributed by atoms with Gasteiger partial charge in [-0.3, -0.25) is 9.78 Å². The average Bonchev–Trinajstić information content (AvgIpc) is 3.13. The Morgan fingerprint density at radius 1 is 1.23 bits per heavy atom. The Morgan fingerprint density at radius 3 is 2.88 bits per heavy atom. The molecule has 4 heterocycles. The molecule has 1 fully saturated rings. The van der Waals surface area contributed by atoms with Crippen LogP contribution in [0.25, 0.3) is 0 Å². The van der Waals surface area contributed by atoms with Crippen LogP contribution in [-0.2, 0) is 17.8 Å². The lowest BCUT2D eigenvalue weighted by Gasteiger charge is -2.32. The van der Waals surface area contributed by atoms with Gasteiger partial charge in [-0.15, -0.1) is 0 Å². The molecule has 0 N–H and O–H groups in total. The molecule has 1 amide bonds. The fourth-order valence-corrected chi connectivity index (χ4v) is 4.11. The Kier molecular flexibility index (Phi) is 4.57. The maximum atomic E-state index is 12.0. The van der Waals surface area contributed by atoms with E-state index in [0.29, 0.717) is 0 Å². The number of aryl methyl sites for hydroxylation is 1. The minimum Gasteiger partial charge on any atom is -0.350 e. The van der Waals surface area contributed by atoms with Gasteiger partial charge in [0.25, 0.3) is 0 Å². The zero-order chi connectivity index (χ0) is 18.1. The van der Waals surface area contributed by atoms with Gasteiger partial charge in [0, 0.05) is 37.5 Å². The smallest absolute Gasteiger partial charge is 0.220 e. The van der Waals surface area contributed by atoms with Crippen molar-refractivity contribution < 1.29 is 4.79 Å². The summed E-state index contributed by atoms with van der Waals surface area (Å²) in [5.41, 5.74) is 3.33. The van der Waals surface area contributed by atoms with Crippen molar-refractivity contribution in [2.75, 3.05) is 18.0 Å². The quantitative estimate of drug-likeness (QED) is 0.851. The highest BCUT2D eigenvalue weighted by Gasteiger charge is 2.32. The summed E-state index contributed by atoms with van der Waals surface area (Å²) < 4.78 is 0. The van der Waals surface area contributed by atoms with Gasteiger partial charge in [0.1, 0.15) is 5.82 Å². The molecule has 0 unspecified atom stereocenters. The normalized spacial score (nSPS) is 19.5. The second kappa shape index (κ2) is 7.02. The number of rotatable bonds is 3. The predicted octanol–water partition coefficient (Wildman–Crippen LogP) is 2.82. The number of nitrogens with zero attached hydrogens (tertiary/aromatic N) is 5. The van der Waals surface area contributed by atoms with Crippen LogP contribution in [0.3, 0.4) is 0 Å². The first-order valence-electron chi connectivity index (χ1n) is 9.43. The largest absolute Gasteiger partial charge is 0.350 e. The van der Waals surface area contributed by atoms with E-state index in [0.717, 1.165) is 68.3 Å². The van der Waals surface area contributed by atoms with Crippen molar-refractivity contribution in [1.29, 1.82) is 0 Å². The third-order valence-electron chi connectivity index (χ3n) is 5.40. The summed E-state index contributed by atoms with van der Waals surface area (Å²) in [5.74, 6) is 1.93. The molecule has 6 heteroatoms. The number of carbonyl (C=O) groups is 1. The average molecular weight is 351 g/mol. The van der Waals surface area contributed by atoms with Crippen molar-refractivity contribution in [3.05, 3.63) is 47.2 Å². The Morgan fingerprint density at radius 2 is 2.12 bits per heavy atom. The van der Waals surface area contributed by atoms with Crippen LogP contribution in [0.5, 0.6) is 0 Å². The van der Waals surface area contributed by atoms with E-state index in [1.54, 1.807) is 6.92 Å². The molecule has 2 aliphatic rings. The second-order valence-corrected chi connectivity index (χ2v) is 7.19. The van der Waals surface area contributed by atoms with E-state index in [2.05, 4.69) is 22.9 Å². The number of fused-ring (bicyclic) bond motifs is 1. The standard InChI is InChI=1S/C20H25N5O/c1-14-17-8-5-11-24(13-16-7-3-4-10-21-16)20(17)23-19(22-14)18-9-6-12-25(18)15(2)26/h3-4,7,10,18H,5-6,8-9,11-13H2,1-2H3/t18-/m1/s1. The molecule has 2 aromatic heterocycles. The van der Waals surface area contributed by atoms with Crippen LogP contribution < -0.4 is 4.90 Å². The molecule has 136 valence electrons. The van der Waals surface area contributed by atoms with Gasteiger partial charge in [0.2, 0.25) is 5.91 Å². The summed E-state index contributed by atoms with van der Waals surface area (Å²) in [4.78, 5) is 30.4. The van der Waals surface area contributed by atoms with Gasteiger partial charge in [0.15, 0.2) is 5.82 Å². The van der Waals surface area contributed by atoms with Gasteiger partial charge in [0.05, 0.1) is 18.3 Å². The third-order valence-corrected chi connectivity index (χ3v) is 5.40. The Bertz CT molecular complexity index is 807. The van der Waals surface area contributed by atoms with Crippen LogP contribution in [0, 0.1) is 6.92 Å². The predicted molar refractivity (Wildman–Crippen MR) is 99.7 cm³/mol. The zero-order valence-corrected chi connectivity index (χ0v) is 15.5. The zero-order valence-electron chi connectivity index (χ0n) is 15.5. The van der Waals surface area contributed by atoms with E-state index in [-0.39, 0.29) is 11.9 Å². The lowest BCUT2D eigenvalue weighted by molar-refractivity contribution is -0.129. The molecule has 26 heavy (non-hydrogen) atoms. The van der Waals surface area contributed by atoms with Crippen LogP contribution in [0.2, 0.25) is 0 Å². The first kappa shape index (κ1) is 16.9. The highest BCUT2D eigenvalue weighted by Crippen LogP contribution is 2.34. The minimum absolute atomic E-state index is 0.00938. The van der Waals surface area contributed by atoms with E-state index in [9.17, 15) is 4.79 Å². The van der Waals surface area contributed by atoms with Gasteiger partial charge < -0.3 is 9.80 Å². The summed E-state index contributed by atoms with van der Waals surface area (Å²) in [6.45, 7) is 6.24. The summed E-state index contributed by atoms with van der Waals surface area (Å²) in [6, 6.07) is 6.02. The number of hydrogen-bond acceptors (Lipinski definition) is 5. The van der Waals surface area contributed by atoms with Gasteiger partial charge in [-0.05, 0) is 44.7 Å². The summed E-state index contributed by atoms with van der Waals surface area (Å²) >= 11 is 0. The fraction of sp³-hybridized carbons (Fsp3) is 0.500. The van der Waals surface area contributed by atoms with Crippen LogP contribution >= 0.6 is 0 Å². The van der Waals surface area contributed by atoms with Crippen molar-refractivity contribution in [3.8, 4) is 0 Å². The van der Waals surface area contributed by atoms with Crippen LogP contribution in [0.1, 0.15) is 55.0 Å². The SMILES string of the molecule is CC(=O)N1CCC[C@@H]1c1nc(C)c2c(n1)N(Cc1ccccn1)CCC2. The molecule has 2 aliphatic heterocycles. The number of likely N-dealkylation sites (tertiary alicyclic amines) is 1. The maximum absolute atomic E-state index is 12.0. The Labute approximate surface area is 154 Å². The van der Waals surface area contributed by atoms with Gasteiger partial charge in [-0.2, -0.15) is 0 Å². The molecular weight excluding hydrogens is 326 g/mol. The summed E-state index contributed by atoms with van der Waals surface area (Å²) in [7, 11) is 0. The fourth-order valence-electron chi connectivity index (χ4n) is 4.11. The number of aromatic nitrogens is 3. The number of hydrogen-bond donors (Lipinski definition) is 0. The molecule has 1 atom stereocenters. The Balaban J connectivity index is 1.69. The molecule has 1 saturated heterocycles. The van der Waals surface area contributed by atoms with E-state index in [1.807, 2.05) is 23.2 Å². The molecule has 0 saturated carbocycles.